The van der Waals surface area contributed by atoms with Crippen molar-refractivity contribution >= 4 is 16.1 Å². The Bertz CT molecular complexity index is 869. The van der Waals surface area contributed by atoms with E-state index in [9.17, 15) is 8.42 Å². The van der Waals surface area contributed by atoms with E-state index in [4.69, 9.17) is 4.52 Å². The van der Waals surface area contributed by atoms with Gasteiger partial charge < -0.3 is 9.42 Å². The van der Waals surface area contributed by atoms with Gasteiger partial charge in [-0.3, -0.25) is 0 Å². The van der Waals surface area contributed by atoms with Crippen LogP contribution < -0.4 is 0 Å². The van der Waals surface area contributed by atoms with Gasteiger partial charge >= 0.3 is 0 Å². The van der Waals surface area contributed by atoms with Crippen LogP contribution in [0.4, 0.5) is 0 Å². The maximum absolute atomic E-state index is 13.1. The Balaban J connectivity index is 1.96. The normalized spacial score (nSPS) is 15.6. The number of rotatable bonds is 4. The maximum atomic E-state index is 13.1. The Labute approximate surface area is 142 Å². The number of sulfonamides is 1. The van der Waals surface area contributed by atoms with Crippen molar-refractivity contribution in [2.45, 2.75) is 24.8 Å². The summed E-state index contributed by atoms with van der Waals surface area (Å²) in [4.78, 5) is 1.96. The fourth-order valence-electron chi connectivity index (χ4n) is 2.82. The number of aromatic nitrogens is 1. The molecular weight excluding hydrogens is 326 g/mol. The molecule has 0 N–H and O–H groups in total. The van der Waals surface area contributed by atoms with Gasteiger partial charge in [-0.2, -0.15) is 4.31 Å². The van der Waals surface area contributed by atoms with Crippen molar-refractivity contribution in [3.63, 3.8) is 0 Å². The van der Waals surface area contributed by atoms with Crippen molar-refractivity contribution in [1.29, 1.82) is 0 Å². The van der Waals surface area contributed by atoms with Crippen molar-refractivity contribution in [3.8, 4) is 0 Å². The summed E-state index contributed by atoms with van der Waals surface area (Å²) in [5.74, 6) is 0.264. The highest BCUT2D eigenvalue weighted by molar-refractivity contribution is 7.89. The maximum Gasteiger partial charge on any atom is 0.249 e. The van der Waals surface area contributed by atoms with Crippen LogP contribution in [0.5, 0.6) is 0 Å². The zero-order chi connectivity index (χ0) is 17.3. The van der Waals surface area contributed by atoms with E-state index < -0.39 is 10.0 Å². The van der Waals surface area contributed by atoms with E-state index in [1.807, 2.05) is 37.2 Å². The standard InChI is InChI=1S/C17H21N3O3S/c1-13-17(16(23-18-13)9-10-19(2)3)24(21,22)20-11-8-14-6-4-5-7-15(14)12-20/h4-7,9-10H,8,11-12H2,1-3H3. The Kier molecular flexibility index (Phi) is 4.47. The number of nitrogens with zero attached hydrogens (tertiary/aromatic N) is 3. The molecule has 0 radical (unpaired) electrons. The van der Waals surface area contributed by atoms with Crippen molar-refractivity contribution in [3.05, 3.63) is 53.0 Å². The summed E-state index contributed by atoms with van der Waals surface area (Å²) in [6.07, 6.45) is 4.08. The number of fused-ring (bicyclic) bond motifs is 1. The lowest BCUT2D eigenvalue weighted by Crippen LogP contribution is -2.36. The molecule has 3 rings (SSSR count). The monoisotopic (exact) mass is 347 g/mol. The number of benzene rings is 1. The summed E-state index contributed by atoms with van der Waals surface area (Å²) in [6.45, 7) is 2.49. The Morgan fingerprint density at radius 1 is 1.25 bits per heavy atom. The highest BCUT2D eigenvalue weighted by Crippen LogP contribution is 2.29. The fourth-order valence-corrected chi connectivity index (χ4v) is 4.49. The van der Waals surface area contributed by atoms with Gasteiger partial charge in [-0.1, -0.05) is 29.4 Å². The second kappa shape index (κ2) is 6.41. The van der Waals surface area contributed by atoms with Gasteiger partial charge in [0.15, 0.2) is 10.7 Å². The third kappa shape index (κ3) is 3.09. The van der Waals surface area contributed by atoms with Crippen LogP contribution >= 0.6 is 0 Å². The molecular formula is C17H21N3O3S. The van der Waals surface area contributed by atoms with E-state index in [2.05, 4.69) is 11.2 Å². The number of aryl methyl sites for hydroxylation is 1. The lowest BCUT2D eigenvalue weighted by Gasteiger charge is -2.27. The minimum atomic E-state index is -3.66. The highest BCUT2D eigenvalue weighted by atomic mass is 32.2. The third-order valence-corrected chi connectivity index (χ3v) is 6.05. The summed E-state index contributed by atoms with van der Waals surface area (Å²) in [7, 11) is 0.0499. The van der Waals surface area contributed by atoms with Gasteiger partial charge in [0.2, 0.25) is 10.0 Å². The largest absolute Gasteiger partial charge is 0.383 e. The minimum absolute atomic E-state index is 0.153. The number of hydrogen-bond donors (Lipinski definition) is 0. The second-order valence-electron chi connectivity index (χ2n) is 6.10. The van der Waals surface area contributed by atoms with Gasteiger partial charge in [-0.25, -0.2) is 8.42 Å². The molecule has 6 nitrogen and oxygen atoms in total. The molecule has 0 amide bonds. The lowest BCUT2D eigenvalue weighted by atomic mass is 10.0. The van der Waals surface area contributed by atoms with Crippen molar-refractivity contribution in [2.75, 3.05) is 20.6 Å². The smallest absolute Gasteiger partial charge is 0.249 e. The molecule has 0 atom stereocenters. The average Bonchev–Trinajstić information content (AvgIpc) is 2.94. The van der Waals surface area contributed by atoms with Crippen LogP contribution in [0.25, 0.3) is 6.08 Å². The van der Waals surface area contributed by atoms with Gasteiger partial charge in [0.05, 0.1) is 0 Å². The first-order valence-corrected chi connectivity index (χ1v) is 9.21. The highest BCUT2D eigenvalue weighted by Gasteiger charge is 2.33. The molecule has 128 valence electrons. The van der Waals surface area contributed by atoms with Crippen LogP contribution in [0.3, 0.4) is 0 Å². The fraction of sp³-hybridized carbons (Fsp3) is 0.353. The first kappa shape index (κ1) is 16.7. The van der Waals surface area contributed by atoms with Crippen LogP contribution in [0.15, 0.2) is 39.9 Å². The van der Waals surface area contributed by atoms with E-state index in [0.717, 1.165) is 5.56 Å². The van der Waals surface area contributed by atoms with E-state index >= 15 is 0 Å². The predicted octanol–water partition coefficient (Wildman–Crippen LogP) is 2.26. The molecule has 1 aliphatic heterocycles. The van der Waals surface area contributed by atoms with Crippen molar-refractivity contribution in [1.82, 2.24) is 14.4 Å². The lowest BCUT2D eigenvalue weighted by molar-refractivity contribution is 0.387. The molecule has 0 fully saturated rings. The first-order valence-electron chi connectivity index (χ1n) is 7.77. The molecule has 0 spiro atoms. The summed E-state index contributed by atoms with van der Waals surface area (Å²) >= 11 is 0. The Morgan fingerprint density at radius 3 is 2.67 bits per heavy atom. The zero-order valence-electron chi connectivity index (χ0n) is 14.1. The summed E-state index contributed by atoms with van der Waals surface area (Å²) in [5.41, 5.74) is 2.64. The molecule has 2 heterocycles. The molecule has 0 unspecified atom stereocenters. The SMILES string of the molecule is Cc1noc(C=CN(C)C)c1S(=O)(=O)N1CCc2ccccc2C1. The third-order valence-electron chi connectivity index (χ3n) is 4.05. The van der Waals surface area contributed by atoms with Gasteiger partial charge in [0.25, 0.3) is 0 Å². The van der Waals surface area contributed by atoms with Crippen LogP contribution in [0, 0.1) is 6.92 Å². The average molecular weight is 347 g/mol. The van der Waals surface area contributed by atoms with Gasteiger partial charge in [0.1, 0.15) is 5.69 Å². The van der Waals surface area contributed by atoms with Gasteiger partial charge in [-0.15, -0.1) is 0 Å². The molecule has 0 saturated heterocycles. The van der Waals surface area contributed by atoms with E-state index in [0.29, 0.717) is 25.2 Å². The predicted molar refractivity (Wildman–Crippen MR) is 91.7 cm³/mol. The topological polar surface area (TPSA) is 66.7 Å². The molecule has 1 aliphatic rings. The Morgan fingerprint density at radius 2 is 1.96 bits per heavy atom. The Hall–Kier alpha value is -2.12. The number of hydrogen-bond acceptors (Lipinski definition) is 5. The first-order chi connectivity index (χ1) is 11.4. The molecule has 0 aliphatic carbocycles. The van der Waals surface area contributed by atoms with E-state index in [1.165, 1.54) is 9.87 Å². The summed E-state index contributed by atoms with van der Waals surface area (Å²) < 4.78 is 33.0. The molecule has 0 bridgehead atoms. The van der Waals surface area contributed by atoms with Gasteiger partial charge in [-0.05, 0) is 24.5 Å². The van der Waals surface area contributed by atoms with Crippen LogP contribution in [0.1, 0.15) is 22.6 Å². The van der Waals surface area contributed by atoms with Crippen LogP contribution in [-0.2, 0) is 23.0 Å². The molecule has 7 heteroatoms. The second-order valence-corrected chi connectivity index (χ2v) is 7.97. The minimum Gasteiger partial charge on any atom is -0.383 e. The van der Waals surface area contributed by atoms with Crippen molar-refractivity contribution in [2.24, 2.45) is 0 Å². The molecule has 2 aromatic rings. The van der Waals surface area contributed by atoms with Crippen LogP contribution in [-0.4, -0.2) is 43.4 Å². The molecule has 1 aromatic carbocycles. The molecule has 24 heavy (non-hydrogen) atoms. The molecule has 0 saturated carbocycles. The van der Waals surface area contributed by atoms with Gasteiger partial charge in [0, 0.05) is 39.5 Å². The quantitative estimate of drug-likeness (QED) is 0.849. The summed E-state index contributed by atoms with van der Waals surface area (Å²) in [6, 6.07) is 7.95. The summed E-state index contributed by atoms with van der Waals surface area (Å²) in [5, 5.41) is 3.85. The zero-order valence-corrected chi connectivity index (χ0v) is 14.9. The molecule has 1 aromatic heterocycles. The van der Waals surface area contributed by atoms with Crippen molar-refractivity contribution < 1.29 is 12.9 Å². The van der Waals surface area contributed by atoms with E-state index in [-0.39, 0.29) is 10.7 Å². The van der Waals surface area contributed by atoms with E-state index in [1.54, 1.807) is 19.2 Å². The van der Waals surface area contributed by atoms with Crippen LogP contribution in [0.2, 0.25) is 0 Å².